The topological polar surface area (TPSA) is 77.4 Å². The fourth-order valence-electron chi connectivity index (χ4n) is 2.30. The van der Waals surface area contributed by atoms with Gasteiger partial charge in [0.05, 0.1) is 12.2 Å². The number of ether oxygens (including phenoxy) is 1. The summed E-state index contributed by atoms with van der Waals surface area (Å²) in [6, 6.07) is 4.82. The summed E-state index contributed by atoms with van der Waals surface area (Å²) in [5.74, 6) is -0.819. The van der Waals surface area contributed by atoms with Gasteiger partial charge in [-0.3, -0.25) is 9.59 Å². The molecule has 0 fully saturated rings. The number of aryl methyl sites for hydroxylation is 2. The maximum Gasteiger partial charge on any atom is 0.341 e. The molecule has 2 aromatic heterocycles. The largest absolute Gasteiger partial charge is 0.462 e. The van der Waals surface area contributed by atoms with Crippen molar-refractivity contribution in [3.8, 4) is 0 Å². The Bertz CT molecular complexity index is 836. The maximum atomic E-state index is 12.3. The molecule has 0 atom stereocenters. The molecular formula is C17H20N2O4S. The van der Waals surface area contributed by atoms with E-state index in [-0.39, 0.29) is 24.6 Å². The van der Waals surface area contributed by atoms with E-state index in [2.05, 4.69) is 5.32 Å². The van der Waals surface area contributed by atoms with Crippen molar-refractivity contribution in [1.29, 1.82) is 0 Å². The third-order valence-electron chi connectivity index (χ3n) is 3.69. The molecular weight excluding hydrogens is 328 g/mol. The van der Waals surface area contributed by atoms with Gasteiger partial charge in [-0.15, -0.1) is 11.3 Å². The van der Waals surface area contributed by atoms with E-state index in [1.54, 1.807) is 26.0 Å². The molecule has 0 aliphatic heterocycles. The number of pyridine rings is 1. The standard InChI is InChI=1S/C17H20N2O4S/c1-5-23-17(22)15-11(3)12(4)24-16(15)18-13(20)9-19-10(2)7-6-8-14(19)21/h6-8H,5,9H2,1-4H3,(H,18,20). The van der Waals surface area contributed by atoms with E-state index >= 15 is 0 Å². The second-order valence-electron chi connectivity index (χ2n) is 5.35. The summed E-state index contributed by atoms with van der Waals surface area (Å²) in [6.07, 6.45) is 0. The fourth-order valence-corrected chi connectivity index (χ4v) is 3.36. The highest BCUT2D eigenvalue weighted by molar-refractivity contribution is 7.16. The lowest BCUT2D eigenvalue weighted by Crippen LogP contribution is -2.28. The number of esters is 1. The molecule has 1 N–H and O–H groups in total. The van der Waals surface area contributed by atoms with E-state index in [0.717, 1.165) is 10.4 Å². The minimum atomic E-state index is -0.456. The highest BCUT2D eigenvalue weighted by Crippen LogP contribution is 2.33. The van der Waals surface area contributed by atoms with Crippen LogP contribution < -0.4 is 10.9 Å². The molecule has 0 bridgehead atoms. The van der Waals surface area contributed by atoms with E-state index in [9.17, 15) is 14.4 Å². The van der Waals surface area contributed by atoms with Gasteiger partial charge in [0.15, 0.2) is 0 Å². The van der Waals surface area contributed by atoms with Crippen molar-refractivity contribution in [2.75, 3.05) is 11.9 Å². The Kier molecular flexibility index (Phi) is 5.56. The van der Waals surface area contributed by atoms with Crippen molar-refractivity contribution in [1.82, 2.24) is 4.57 Å². The lowest BCUT2D eigenvalue weighted by Gasteiger charge is -2.10. The Hall–Kier alpha value is -2.41. The van der Waals surface area contributed by atoms with Crippen LogP contribution in [-0.2, 0) is 16.1 Å². The number of nitrogens with zero attached hydrogens (tertiary/aromatic N) is 1. The molecule has 0 aliphatic carbocycles. The molecule has 1 amide bonds. The van der Waals surface area contributed by atoms with Gasteiger partial charge in [0, 0.05) is 16.6 Å². The van der Waals surface area contributed by atoms with Crippen LogP contribution in [0.3, 0.4) is 0 Å². The zero-order valence-electron chi connectivity index (χ0n) is 14.1. The van der Waals surface area contributed by atoms with E-state index in [4.69, 9.17) is 4.74 Å². The molecule has 7 heteroatoms. The van der Waals surface area contributed by atoms with E-state index in [0.29, 0.717) is 16.3 Å². The number of amides is 1. The minimum absolute atomic E-state index is 0.107. The molecule has 0 spiro atoms. The molecule has 6 nitrogen and oxygen atoms in total. The molecule has 0 unspecified atom stereocenters. The smallest absolute Gasteiger partial charge is 0.341 e. The van der Waals surface area contributed by atoms with Crippen LogP contribution in [0.4, 0.5) is 5.00 Å². The lowest BCUT2D eigenvalue weighted by atomic mass is 10.1. The van der Waals surface area contributed by atoms with E-state index in [1.165, 1.54) is 22.0 Å². The molecule has 0 aromatic carbocycles. The summed E-state index contributed by atoms with van der Waals surface area (Å²) in [4.78, 5) is 37.2. The lowest BCUT2D eigenvalue weighted by molar-refractivity contribution is -0.116. The number of rotatable bonds is 5. The van der Waals surface area contributed by atoms with Crippen molar-refractivity contribution >= 4 is 28.2 Å². The Morgan fingerprint density at radius 3 is 2.58 bits per heavy atom. The first-order chi connectivity index (χ1) is 11.3. The van der Waals surface area contributed by atoms with Crippen LogP contribution in [0, 0.1) is 20.8 Å². The molecule has 0 aliphatic rings. The highest BCUT2D eigenvalue weighted by Gasteiger charge is 2.22. The minimum Gasteiger partial charge on any atom is -0.462 e. The normalized spacial score (nSPS) is 10.5. The van der Waals surface area contributed by atoms with Crippen molar-refractivity contribution < 1.29 is 14.3 Å². The number of carbonyl (C=O) groups excluding carboxylic acids is 2. The third kappa shape index (κ3) is 3.73. The highest BCUT2D eigenvalue weighted by atomic mass is 32.1. The molecule has 24 heavy (non-hydrogen) atoms. The van der Waals surface area contributed by atoms with E-state index < -0.39 is 5.97 Å². The van der Waals surface area contributed by atoms with Gasteiger partial charge < -0.3 is 14.6 Å². The monoisotopic (exact) mass is 348 g/mol. The predicted molar refractivity (Wildman–Crippen MR) is 93.8 cm³/mol. The zero-order chi connectivity index (χ0) is 17.9. The third-order valence-corrected chi connectivity index (χ3v) is 4.81. The zero-order valence-corrected chi connectivity index (χ0v) is 15.0. The quantitative estimate of drug-likeness (QED) is 0.843. The Morgan fingerprint density at radius 2 is 1.96 bits per heavy atom. The van der Waals surface area contributed by atoms with Gasteiger partial charge in [0.2, 0.25) is 5.91 Å². The second kappa shape index (κ2) is 7.44. The van der Waals surface area contributed by atoms with Gasteiger partial charge in [-0.05, 0) is 39.3 Å². The summed E-state index contributed by atoms with van der Waals surface area (Å²) in [5, 5.41) is 3.19. The number of thiophene rings is 1. The van der Waals surface area contributed by atoms with Crippen LogP contribution >= 0.6 is 11.3 Å². The van der Waals surface area contributed by atoms with Crippen molar-refractivity contribution in [2.45, 2.75) is 34.2 Å². The Morgan fingerprint density at radius 1 is 1.25 bits per heavy atom. The molecule has 0 radical (unpaired) electrons. The fraction of sp³-hybridized carbons (Fsp3) is 0.353. The van der Waals surface area contributed by atoms with Gasteiger partial charge >= 0.3 is 5.97 Å². The van der Waals surface area contributed by atoms with Crippen LogP contribution in [0.15, 0.2) is 23.0 Å². The van der Waals surface area contributed by atoms with Crippen molar-refractivity contribution in [3.05, 3.63) is 50.3 Å². The van der Waals surface area contributed by atoms with Gasteiger partial charge in [0.1, 0.15) is 11.5 Å². The summed E-state index contributed by atoms with van der Waals surface area (Å²) >= 11 is 1.32. The van der Waals surface area contributed by atoms with E-state index in [1.807, 2.05) is 13.8 Å². The summed E-state index contributed by atoms with van der Waals surface area (Å²) < 4.78 is 6.44. The summed E-state index contributed by atoms with van der Waals surface area (Å²) in [7, 11) is 0. The first-order valence-electron chi connectivity index (χ1n) is 7.58. The first-order valence-corrected chi connectivity index (χ1v) is 8.40. The summed E-state index contributed by atoms with van der Waals surface area (Å²) in [6.45, 7) is 7.35. The van der Waals surface area contributed by atoms with Crippen LogP contribution in [0.2, 0.25) is 0 Å². The molecule has 0 saturated heterocycles. The molecule has 2 aromatic rings. The number of nitrogens with one attached hydrogen (secondary N) is 1. The van der Waals surface area contributed by atoms with Crippen molar-refractivity contribution in [3.63, 3.8) is 0 Å². The summed E-state index contributed by atoms with van der Waals surface area (Å²) in [5.41, 5.74) is 1.63. The van der Waals surface area contributed by atoms with Gasteiger partial charge in [0.25, 0.3) is 5.56 Å². The van der Waals surface area contributed by atoms with Crippen molar-refractivity contribution in [2.24, 2.45) is 0 Å². The number of anilines is 1. The average molecular weight is 348 g/mol. The average Bonchev–Trinajstić information content (AvgIpc) is 2.78. The van der Waals surface area contributed by atoms with Crippen LogP contribution in [0.1, 0.15) is 33.4 Å². The number of hydrogen-bond acceptors (Lipinski definition) is 5. The number of carbonyl (C=O) groups is 2. The van der Waals surface area contributed by atoms with Crippen LogP contribution in [0.5, 0.6) is 0 Å². The molecule has 0 saturated carbocycles. The maximum absolute atomic E-state index is 12.3. The van der Waals surface area contributed by atoms with Crippen LogP contribution in [0.25, 0.3) is 0 Å². The molecule has 2 rings (SSSR count). The molecule has 2 heterocycles. The van der Waals surface area contributed by atoms with Gasteiger partial charge in [-0.25, -0.2) is 4.79 Å². The second-order valence-corrected chi connectivity index (χ2v) is 6.57. The van der Waals surface area contributed by atoms with Crippen LogP contribution in [-0.4, -0.2) is 23.1 Å². The van der Waals surface area contributed by atoms with Gasteiger partial charge in [-0.2, -0.15) is 0 Å². The Balaban J connectivity index is 2.25. The SMILES string of the molecule is CCOC(=O)c1c(NC(=O)Cn2c(C)cccc2=O)sc(C)c1C. The first kappa shape index (κ1) is 17.9. The number of hydrogen-bond donors (Lipinski definition) is 1. The number of aromatic nitrogens is 1. The molecule has 128 valence electrons. The predicted octanol–water partition coefficient (Wildman–Crippen LogP) is 2.65. The Labute approximate surface area is 144 Å². The van der Waals surface area contributed by atoms with Gasteiger partial charge in [-0.1, -0.05) is 6.07 Å².